The number of rotatable bonds is 2. The zero-order chi connectivity index (χ0) is 8.85. The molecule has 0 rings (SSSR count). The normalized spacial score (nSPS) is 12.5. The van der Waals surface area contributed by atoms with E-state index in [2.05, 4.69) is 9.44 Å². The molecule has 0 amide bonds. The van der Waals surface area contributed by atoms with Gasteiger partial charge in [0.15, 0.2) is 11.9 Å². The largest absolute Gasteiger partial charge is 0.369 e. The van der Waals surface area contributed by atoms with Crippen molar-refractivity contribution >= 4 is 23.2 Å². The molecule has 0 atom stereocenters. The van der Waals surface area contributed by atoms with E-state index in [0.29, 0.717) is 0 Å². The number of guanidine groups is 2. The van der Waals surface area contributed by atoms with Crippen molar-refractivity contribution in [2.24, 2.45) is 11.5 Å². The molecule has 0 unspecified atom stereocenters. The maximum Gasteiger partial charge on any atom is 0.196 e. The highest BCUT2D eigenvalue weighted by Crippen LogP contribution is 2.08. The number of thiocyanates is 1. The summed E-state index contributed by atoms with van der Waals surface area (Å²) in [5, 5.41) is 23.6. The molecule has 0 aliphatic rings. The predicted octanol–water partition coefficient (Wildman–Crippen LogP) is -1.74. The van der Waals surface area contributed by atoms with Gasteiger partial charge in [-0.1, -0.05) is 0 Å². The number of thiol groups is 1. The van der Waals surface area contributed by atoms with Crippen LogP contribution in [0.5, 0.6) is 0 Å². The van der Waals surface area contributed by atoms with Gasteiger partial charge in [-0.3, -0.25) is 20.3 Å². The molecule has 0 bridgehead atoms. The summed E-state index contributed by atoms with van der Waals surface area (Å²) in [6.45, 7) is 0. The van der Waals surface area contributed by atoms with Crippen LogP contribution >= 0.6 is 11.3 Å². The first kappa shape index (κ1) is 9.38. The molecule has 0 saturated carbocycles. The SMILES string of the molecule is N#C[SH](NC(=N)N)NC(=N)N. The Bertz CT molecular complexity index is 188. The summed E-state index contributed by atoms with van der Waals surface area (Å²) in [5.74, 6) is -0.655. The molecular weight excluding hydrogens is 166 g/mol. The number of hydrogen-bond donors (Lipinski definition) is 7. The van der Waals surface area contributed by atoms with Crippen LogP contribution in [0.2, 0.25) is 0 Å². The summed E-state index contributed by atoms with van der Waals surface area (Å²) in [7, 11) is 0. The number of nitriles is 1. The maximum absolute atomic E-state index is 8.37. The van der Waals surface area contributed by atoms with Gasteiger partial charge in [0.05, 0.1) is 0 Å². The molecule has 0 aliphatic heterocycles. The van der Waals surface area contributed by atoms with Crippen molar-refractivity contribution in [3.8, 4) is 5.40 Å². The Labute approximate surface area is 66.4 Å². The van der Waals surface area contributed by atoms with Crippen molar-refractivity contribution in [3.63, 3.8) is 0 Å². The minimum absolute atomic E-state index is 0.327. The standard InChI is InChI=1S/C3H9N7S/c4-1-11(9-2(5)6)10-3(7)8/h11H,(H4,5,6,9)(H4,7,8,10). The second kappa shape index (κ2) is 4.24. The lowest BCUT2D eigenvalue weighted by atomic mass is 11.1. The van der Waals surface area contributed by atoms with Crippen LogP contribution in [-0.2, 0) is 0 Å². The van der Waals surface area contributed by atoms with Gasteiger partial charge in [-0.25, -0.2) is 0 Å². The number of nitrogens with zero attached hydrogens (tertiary/aromatic N) is 1. The summed E-state index contributed by atoms with van der Waals surface area (Å²) < 4.78 is 4.59. The second-order valence-corrected chi connectivity index (χ2v) is 2.80. The highest BCUT2D eigenvalue weighted by Gasteiger charge is 2.00. The van der Waals surface area contributed by atoms with E-state index in [1.165, 1.54) is 0 Å². The average molecular weight is 175 g/mol. The van der Waals surface area contributed by atoms with Gasteiger partial charge in [-0.05, 0) is 11.3 Å². The fourth-order valence-electron chi connectivity index (χ4n) is 0.319. The first-order valence-electron chi connectivity index (χ1n) is 2.47. The molecule has 0 aromatic heterocycles. The minimum Gasteiger partial charge on any atom is -0.369 e. The molecule has 0 fully saturated rings. The van der Waals surface area contributed by atoms with Crippen LogP contribution in [0.4, 0.5) is 0 Å². The molecule has 0 aromatic rings. The molecule has 0 radical (unpaired) electrons. The van der Waals surface area contributed by atoms with Crippen LogP contribution in [0.25, 0.3) is 0 Å². The number of nitrogens with two attached hydrogens (primary N) is 2. The van der Waals surface area contributed by atoms with Crippen LogP contribution in [0, 0.1) is 21.5 Å². The Morgan fingerprint density at radius 3 is 1.82 bits per heavy atom. The Hall–Kier alpha value is -1.62. The molecule has 8 heteroatoms. The van der Waals surface area contributed by atoms with Gasteiger partial charge < -0.3 is 11.5 Å². The first-order valence-corrected chi connectivity index (χ1v) is 3.81. The molecular formula is C3H9N7S. The summed E-state index contributed by atoms with van der Waals surface area (Å²) in [4.78, 5) is 0. The number of hydrogen-bond acceptors (Lipinski definition) is 3. The first-order chi connectivity index (χ1) is 5.06. The van der Waals surface area contributed by atoms with E-state index >= 15 is 0 Å². The van der Waals surface area contributed by atoms with Crippen LogP contribution in [0.3, 0.4) is 0 Å². The summed E-state index contributed by atoms with van der Waals surface area (Å²) >= 11 is -1.53. The third kappa shape index (κ3) is 4.86. The van der Waals surface area contributed by atoms with Gasteiger partial charge in [0, 0.05) is 0 Å². The lowest BCUT2D eigenvalue weighted by molar-refractivity contribution is 1.26. The van der Waals surface area contributed by atoms with E-state index in [9.17, 15) is 0 Å². The van der Waals surface area contributed by atoms with Crippen molar-refractivity contribution in [1.29, 1.82) is 16.1 Å². The Morgan fingerprint density at radius 2 is 1.64 bits per heavy atom. The summed E-state index contributed by atoms with van der Waals surface area (Å²) in [6.07, 6.45) is 0. The molecule has 7 nitrogen and oxygen atoms in total. The van der Waals surface area contributed by atoms with Crippen molar-refractivity contribution in [1.82, 2.24) is 9.44 Å². The van der Waals surface area contributed by atoms with Crippen LogP contribution in [0.1, 0.15) is 0 Å². The highest BCUT2D eigenvalue weighted by atomic mass is 32.2. The van der Waals surface area contributed by atoms with E-state index in [4.69, 9.17) is 27.5 Å². The van der Waals surface area contributed by atoms with Gasteiger partial charge in [-0.2, -0.15) is 5.26 Å². The molecule has 0 spiro atoms. The summed E-state index contributed by atoms with van der Waals surface area (Å²) in [5.41, 5.74) is 9.86. The van der Waals surface area contributed by atoms with E-state index in [1.807, 2.05) is 0 Å². The Morgan fingerprint density at radius 1 is 1.27 bits per heavy atom. The molecule has 62 valence electrons. The van der Waals surface area contributed by atoms with Gasteiger partial charge in [0.1, 0.15) is 5.40 Å². The van der Waals surface area contributed by atoms with E-state index < -0.39 is 11.3 Å². The van der Waals surface area contributed by atoms with Gasteiger partial charge >= 0.3 is 0 Å². The molecule has 8 N–H and O–H groups in total. The van der Waals surface area contributed by atoms with Crippen molar-refractivity contribution < 1.29 is 0 Å². The lowest BCUT2D eigenvalue weighted by Gasteiger charge is -2.15. The van der Waals surface area contributed by atoms with Gasteiger partial charge in [0.2, 0.25) is 0 Å². The van der Waals surface area contributed by atoms with E-state index in [0.717, 1.165) is 0 Å². The fourth-order valence-corrected chi connectivity index (χ4v) is 0.957. The predicted molar refractivity (Wildman–Crippen MR) is 44.7 cm³/mol. The Kier molecular flexibility index (Phi) is 3.61. The molecule has 0 aliphatic carbocycles. The van der Waals surface area contributed by atoms with Crippen LogP contribution < -0.4 is 20.9 Å². The van der Waals surface area contributed by atoms with E-state index in [1.54, 1.807) is 5.40 Å². The monoisotopic (exact) mass is 175 g/mol. The quantitative estimate of drug-likeness (QED) is 0.115. The second-order valence-electron chi connectivity index (χ2n) is 1.49. The minimum atomic E-state index is -1.53. The van der Waals surface area contributed by atoms with Crippen LogP contribution in [0.15, 0.2) is 0 Å². The third-order valence-corrected chi connectivity index (χ3v) is 1.69. The molecule has 0 aromatic carbocycles. The molecule has 0 heterocycles. The average Bonchev–Trinajstić information content (AvgIpc) is 1.84. The summed E-state index contributed by atoms with van der Waals surface area (Å²) in [6, 6.07) is 0. The zero-order valence-corrected chi connectivity index (χ0v) is 6.44. The Balaban J connectivity index is 3.89. The number of nitrogens with one attached hydrogen (secondary N) is 4. The van der Waals surface area contributed by atoms with Gasteiger partial charge in [-0.15, -0.1) is 0 Å². The molecule has 11 heavy (non-hydrogen) atoms. The van der Waals surface area contributed by atoms with E-state index in [-0.39, 0.29) is 11.9 Å². The lowest BCUT2D eigenvalue weighted by Crippen LogP contribution is -2.36. The third-order valence-electron chi connectivity index (χ3n) is 0.565. The highest BCUT2D eigenvalue weighted by molar-refractivity contribution is 8.18. The van der Waals surface area contributed by atoms with Crippen molar-refractivity contribution in [3.05, 3.63) is 0 Å². The van der Waals surface area contributed by atoms with Crippen molar-refractivity contribution in [2.45, 2.75) is 0 Å². The molecule has 0 saturated heterocycles. The maximum atomic E-state index is 8.37. The topological polar surface area (TPSA) is 148 Å². The smallest absolute Gasteiger partial charge is 0.196 e. The van der Waals surface area contributed by atoms with Gasteiger partial charge in [0.25, 0.3) is 0 Å². The fraction of sp³-hybridized carbons (Fsp3) is 0. The zero-order valence-electron chi connectivity index (χ0n) is 5.55. The van der Waals surface area contributed by atoms with Crippen molar-refractivity contribution in [2.75, 3.05) is 0 Å². The van der Waals surface area contributed by atoms with Crippen LogP contribution in [-0.4, -0.2) is 11.9 Å².